The molecule has 0 amide bonds. The molecule has 0 heterocycles. The molecule has 1 aromatic rings. The van der Waals surface area contributed by atoms with Crippen molar-refractivity contribution in [1.82, 2.24) is 0 Å². The van der Waals surface area contributed by atoms with Gasteiger partial charge in [-0.3, -0.25) is 0 Å². The van der Waals surface area contributed by atoms with Gasteiger partial charge in [0.2, 0.25) is 0 Å². The molecular formula is C12H16INaO5S. The van der Waals surface area contributed by atoms with Crippen molar-refractivity contribution < 1.29 is 52.3 Å². The molecule has 0 radical (unpaired) electrons. The number of aryl methyl sites for hydroxylation is 1. The normalized spacial score (nSPS) is 12.6. The van der Waals surface area contributed by atoms with E-state index in [-0.39, 0.29) is 51.6 Å². The molecule has 108 valence electrons. The van der Waals surface area contributed by atoms with E-state index in [1.807, 2.05) is 6.92 Å². The zero-order chi connectivity index (χ0) is 14.5. The van der Waals surface area contributed by atoms with Crippen LogP contribution in [0.25, 0.3) is 0 Å². The summed E-state index contributed by atoms with van der Waals surface area (Å²) in [6.45, 7) is 3.59. The summed E-state index contributed by atoms with van der Waals surface area (Å²) in [6, 6.07) is 4.82. The molecule has 0 aromatic heterocycles. The van der Waals surface area contributed by atoms with Gasteiger partial charge in [0.05, 0.1) is 12.4 Å². The quantitative estimate of drug-likeness (QED) is 0.137. The summed E-state index contributed by atoms with van der Waals surface area (Å²) in [6.07, 6.45) is 0.766. The zero-order valence-electron chi connectivity index (χ0n) is 11.8. The van der Waals surface area contributed by atoms with Gasteiger partial charge < -0.3 is 14.3 Å². The van der Waals surface area contributed by atoms with Crippen LogP contribution in [0.3, 0.4) is 0 Å². The molecule has 1 rings (SSSR count). The Bertz CT molecular complexity index is 521. The second kappa shape index (κ2) is 9.60. The average molecular weight is 422 g/mol. The maximum atomic E-state index is 11.8. The molecule has 0 N–H and O–H groups in total. The summed E-state index contributed by atoms with van der Waals surface area (Å²) in [5.41, 5.74) is 1.33. The van der Waals surface area contributed by atoms with Crippen LogP contribution in [0.5, 0.6) is 5.75 Å². The standard InChI is InChI=1S/C12H17IO5S.Na/c1-3-11(13)8-19(15,16)18-12-5-4-10(7-17-14)6-9(12)2;/h4-6,11,14H,3,7-8H2,1-2H3;/q;+1/p-1. The van der Waals surface area contributed by atoms with Crippen molar-refractivity contribution in [2.75, 3.05) is 5.75 Å². The topological polar surface area (TPSA) is 75.7 Å². The van der Waals surface area contributed by atoms with Crippen LogP contribution in [0.4, 0.5) is 0 Å². The minimum absolute atomic E-state index is 0. The first-order chi connectivity index (χ1) is 8.88. The van der Waals surface area contributed by atoms with Crippen LogP contribution in [0, 0.1) is 6.92 Å². The molecule has 1 unspecified atom stereocenters. The monoisotopic (exact) mass is 422 g/mol. The third-order valence-corrected chi connectivity index (χ3v) is 5.67. The van der Waals surface area contributed by atoms with E-state index in [2.05, 4.69) is 27.5 Å². The van der Waals surface area contributed by atoms with Gasteiger partial charge in [-0.15, -0.1) is 0 Å². The fourth-order valence-electron chi connectivity index (χ4n) is 1.47. The van der Waals surface area contributed by atoms with Crippen molar-refractivity contribution in [3.8, 4) is 5.75 Å². The summed E-state index contributed by atoms with van der Waals surface area (Å²) in [4.78, 5) is 3.78. The Hall–Kier alpha value is 0.620. The van der Waals surface area contributed by atoms with E-state index in [0.717, 1.165) is 6.42 Å². The SMILES string of the molecule is CCC(I)CS(=O)(=O)Oc1ccc(CO[O-])cc1C.[Na+]. The van der Waals surface area contributed by atoms with Gasteiger partial charge in [-0.25, -0.2) is 0 Å². The fourth-order valence-corrected chi connectivity index (χ4v) is 4.00. The smallest absolute Gasteiger partial charge is 0.723 e. The molecule has 0 aliphatic carbocycles. The molecule has 0 aliphatic rings. The van der Waals surface area contributed by atoms with Gasteiger partial charge in [0.25, 0.3) is 0 Å². The van der Waals surface area contributed by atoms with Crippen molar-refractivity contribution in [2.45, 2.75) is 30.8 Å². The van der Waals surface area contributed by atoms with Crippen molar-refractivity contribution in [1.29, 1.82) is 0 Å². The van der Waals surface area contributed by atoms with Crippen LogP contribution in [0.2, 0.25) is 0 Å². The first-order valence-corrected chi connectivity index (χ1v) is 8.60. The van der Waals surface area contributed by atoms with E-state index < -0.39 is 10.1 Å². The van der Waals surface area contributed by atoms with Crippen molar-refractivity contribution in [2.24, 2.45) is 0 Å². The second-order valence-electron chi connectivity index (χ2n) is 4.18. The molecule has 0 fully saturated rings. The van der Waals surface area contributed by atoms with Gasteiger partial charge in [0, 0.05) is 3.92 Å². The third kappa shape index (κ3) is 7.06. The maximum absolute atomic E-state index is 11.8. The van der Waals surface area contributed by atoms with Crippen LogP contribution in [0.1, 0.15) is 24.5 Å². The van der Waals surface area contributed by atoms with Crippen molar-refractivity contribution in [3.05, 3.63) is 29.3 Å². The van der Waals surface area contributed by atoms with Crippen LogP contribution in [0.15, 0.2) is 18.2 Å². The van der Waals surface area contributed by atoms with E-state index in [1.165, 1.54) is 6.07 Å². The Morgan fingerprint density at radius 2 is 2.05 bits per heavy atom. The molecular weight excluding hydrogens is 406 g/mol. The molecule has 0 saturated carbocycles. The molecule has 8 heteroatoms. The molecule has 1 aromatic carbocycles. The van der Waals surface area contributed by atoms with Crippen molar-refractivity contribution in [3.63, 3.8) is 0 Å². The summed E-state index contributed by atoms with van der Waals surface area (Å²) in [5, 5.41) is 10.1. The Balaban J connectivity index is 0.00000361. The van der Waals surface area contributed by atoms with Gasteiger partial charge in [0.1, 0.15) is 5.75 Å². The molecule has 0 aliphatic heterocycles. The number of hydrogen-bond acceptors (Lipinski definition) is 5. The van der Waals surface area contributed by atoms with Crippen LogP contribution >= 0.6 is 22.6 Å². The number of halogens is 1. The van der Waals surface area contributed by atoms with Gasteiger partial charge in [-0.1, -0.05) is 41.6 Å². The predicted molar refractivity (Wildman–Crippen MR) is 78.5 cm³/mol. The molecule has 0 spiro atoms. The zero-order valence-corrected chi connectivity index (χ0v) is 16.7. The minimum atomic E-state index is -3.59. The summed E-state index contributed by atoms with van der Waals surface area (Å²) < 4.78 is 28.8. The number of rotatable bonds is 7. The van der Waals surface area contributed by atoms with Crippen molar-refractivity contribution >= 4 is 32.7 Å². The Labute approximate surface area is 155 Å². The van der Waals surface area contributed by atoms with E-state index in [9.17, 15) is 13.7 Å². The first-order valence-electron chi connectivity index (χ1n) is 5.78. The van der Waals surface area contributed by atoms with E-state index in [1.54, 1.807) is 19.1 Å². The van der Waals surface area contributed by atoms with E-state index in [0.29, 0.717) is 11.1 Å². The Morgan fingerprint density at radius 3 is 2.55 bits per heavy atom. The summed E-state index contributed by atoms with van der Waals surface area (Å²) in [5.74, 6) is 0.268. The number of benzene rings is 1. The summed E-state index contributed by atoms with van der Waals surface area (Å²) >= 11 is 2.09. The van der Waals surface area contributed by atoms with Crippen LogP contribution in [-0.2, 0) is 21.6 Å². The molecule has 5 nitrogen and oxygen atoms in total. The Morgan fingerprint density at radius 1 is 1.40 bits per heavy atom. The number of hydrogen-bond donors (Lipinski definition) is 0. The van der Waals surface area contributed by atoms with E-state index >= 15 is 0 Å². The largest absolute Gasteiger partial charge is 1.00 e. The van der Waals surface area contributed by atoms with Gasteiger partial charge in [-0.2, -0.15) is 8.42 Å². The molecule has 1 atom stereocenters. The molecule has 0 saturated heterocycles. The predicted octanol–water partition coefficient (Wildman–Crippen LogP) is -1.29. The van der Waals surface area contributed by atoms with Crippen LogP contribution < -0.4 is 39.0 Å². The maximum Gasteiger partial charge on any atom is 1.00 e. The Kier molecular flexibility index (Phi) is 9.90. The van der Waals surface area contributed by atoms with Gasteiger partial charge in [-0.05, 0) is 30.5 Å². The van der Waals surface area contributed by atoms with Gasteiger partial charge in [0.15, 0.2) is 0 Å². The summed E-state index contributed by atoms with van der Waals surface area (Å²) in [7, 11) is -3.59. The minimum Gasteiger partial charge on any atom is -0.723 e. The van der Waals surface area contributed by atoms with E-state index in [4.69, 9.17) is 4.18 Å². The molecule has 0 bridgehead atoms. The van der Waals surface area contributed by atoms with Gasteiger partial charge >= 0.3 is 39.7 Å². The second-order valence-corrected chi connectivity index (χ2v) is 7.55. The third-order valence-electron chi connectivity index (χ3n) is 2.51. The first kappa shape index (κ1) is 20.6. The number of alkyl halides is 1. The fraction of sp³-hybridized carbons (Fsp3) is 0.500. The van der Waals surface area contributed by atoms with Crippen LogP contribution in [-0.4, -0.2) is 18.1 Å². The molecule has 20 heavy (non-hydrogen) atoms. The average Bonchev–Trinajstić information content (AvgIpc) is 2.32.